The zero-order valence-corrected chi connectivity index (χ0v) is 15.9. The molecule has 0 heterocycles. The molecule has 0 saturated heterocycles. The Hall–Kier alpha value is -1.94. The fraction of sp³-hybridized carbons (Fsp3) is 0.500. The lowest BCUT2D eigenvalue weighted by Crippen LogP contribution is -2.27. The van der Waals surface area contributed by atoms with E-state index >= 15 is 0 Å². The second-order valence-electron chi connectivity index (χ2n) is 6.27. The summed E-state index contributed by atoms with van der Waals surface area (Å²) in [6, 6.07) is 6.95. The molecular formula is C18H27NO7S. The Morgan fingerprint density at radius 2 is 1.56 bits per heavy atom. The maximum Gasteiger partial charge on any atom is 0.303 e. The summed E-state index contributed by atoms with van der Waals surface area (Å²) >= 11 is 0. The number of hydrogen-bond donors (Lipinski definition) is 4. The lowest BCUT2D eigenvalue weighted by Gasteiger charge is -2.27. The zero-order valence-electron chi connectivity index (χ0n) is 15.1. The van der Waals surface area contributed by atoms with E-state index in [0.717, 1.165) is 18.5 Å². The predicted octanol–water partition coefficient (Wildman–Crippen LogP) is 3.23. The van der Waals surface area contributed by atoms with Gasteiger partial charge in [0.05, 0.1) is 16.8 Å². The van der Waals surface area contributed by atoms with Gasteiger partial charge in [-0.05, 0) is 37.0 Å². The third kappa shape index (κ3) is 9.53. The molecule has 0 unspecified atom stereocenters. The van der Waals surface area contributed by atoms with Gasteiger partial charge in [-0.2, -0.15) is 0 Å². The van der Waals surface area contributed by atoms with E-state index in [-0.39, 0.29) is 12.2 Å². The topological polar surface area (TPSA) is 135 Å². The predicted molar refractivity (Wildman–Crippen MR) is 105 cm³/mol. The summed E-state index contributed by atoms with van der Waals surface area (Å²) in [4.78, 5) is 34.3. The van der Waals surface area contributed by atoms with Crippen molar-refractivity contribution in [2.75, 3.05) is 23.7 Å². The van der Waals surface area contributed by atoms with Gasteiger partial charge in [-0.1, -0.05) is 18.6 Å². The van der Waals surface area contributed by atoms with E-state index in [9.17, 15) is 14.4 Å². The summed E-state index contributed by atoms with van der Waals surface area (Å²) in [6.07, 6.45) is 3.73. The van der Waals surface area contributed by atoms with Crippen molar-refractivity contribution >= 4 is 35.1 Å². The summed E-state index contributed by atoms with van der Waals surface area (Å²) in [5.41, 5.74) is 1.43. The van der Waals surface area contributed by atoms with Gasteiger partial charge in [-0.15, -0.1) is 0 Å². The van der Waals surface area contributed by atoms with Gasteiger partial charge in [-0.3, -0.25) is 4.79 Å². The van der Waals surface area contributed by atoms with Gasteiger partial charge < -0.3 is 33.3 Å². The van der Waals surface area contributed by atoms with Gasteiger partial charge >= 0.3 is 5.97 Å². The van der Waals surface area contributed by atoms with Gasteiger partial charge in [0.15, 0.2) is 0 Å². The van der Waals surface area contributed by atoms with Gasteiger partial charge in [0.2, 0.25) is 0 Å². The number of aliphatic carboxylic acids is 1. The minimum atomic E-state index is -3.54. The highest BCUT2D eigenvalue weighted by molar-refractivity contribution is 8.19. The number of nitrogens with zero attached hydrogens (tertiary/aromatic N) is 1. The van der Waals surface area contributed by atoms with Crippen LogP contribution < -0.4 is 4.90 Å². The molecule has 1 rings (SSSR count). The molecule has 0 aliphatic heterocycles. The highest BCUT2D eigenvalue weighted by atomic mass is 32.3. The van der Waals surface area contributed by atoms with E-state index in [1.165, 1.54) is 0 Å². The third-order valence-electron chi connectivity index (χ3n) is 4.10. The number of hydrogen-bond acceptors (Lipinski definition) is 7. The maximum absolute atomic E-state index is 10.9. The van der Waals surface area contributed by atoms with Crippen molar-refractivity contribution < 1.29 is 33.1 Å². The first-order valence-electron chi connectivity index (χ1n) is 8.72. The van der Waals surface area contributed by atoms with E-state index in [1.807, 2.05) is 4.90 Å². The van der Waals surface area contributed by atoms with Gasteiger partial charge in [-0.25, -0.2) is 0 Å². The molecular weight excluding hydrogens is 374 g/mol. The van der Waals surface area contributed by atoms with Crippen LogP contribution in [0.1, 0.15) is 43.6 Å². The third-order valence-corrected chi connectivity index (χ3v) is 4.94. The molecule has 1 aromatic rings. The number of unbranched alkanes of at least 4 members (excludes halogenated alkanes) is 2. The average molecular weight is 401 g/mol. The summed E-state index contributed by atoms with van der Waals surface area (Å²) in [5.74, 6) is -1.75. The molecule has 9 heteroatoms. The number of anilines is 1. The molecule has 0 atom stereocenters. The summed E-state index contributed by atoms with van der Waals surface area (Å²) < 4.78 is 27.3. The minimum absolute atomic E-state index is 0.124. The normalized spacial score (nSPS) is 12.0. The van der Waals surface area contributed by atoms with E-state index in [2.05, 4.69) is 0 Å². The number of aldehydes is 2. The number of carbonyl (C=O) groups excluding carboxylic acids is 2. The van der Waals surface area contributed by atoms with Gasteiger partial charge in [0, 0.05) is 31.0 Å². The molecule has 0 spiro atoms. The van der Waals surface area contributed by atoms with E-state index in [0.29, 0.717) is 44.1 Å². The number of carboxylic acids is 1. The molecule has 4 N–H and O–H groups in total. The van der Waals surface area contributed by atoms with Crippen molar-refractivity contribution in [1.82, 2.24) is 0 Å². The number of rotatable bonds is 14. The maximum atomic E-state index is 10.9. The Morgan fingerprint density at radius 3 is 2.07 bits per heavy atom. The number of benzene rings is 1. The Kier molecular flexibility index (Phi) is 10.0. The van der Waals surface area contributed by atoms with Crippen molar-refractivity contribution in [3.63, 3.8) is 0 Å². The minimum Gasteiger partial charge on any atom is -0.481 e. The first-order valence-corrected chi connectivity index (χ1v) is 10.4. The molecule has 8 nitrogen and oxygen atoms in total. The summed E-state index contributed by atoms with van der Waals surface area (Å²) in [6.45, 7) is 1.11. The molecule has 0 aliphatic rings. The van der Waals surface area contributed by atoms with Gasteiger partial charge in [0.1, 0.15) is 12.6 Å². The van der Waals surface area contributed by atoms with Crippen LogP contribution in [0.5, 0.6) is 0 Å². The SMILES string of the molecule is O=CC(C=O)c1ccc(N(CCCCCC(=O)O)CCCS(O)(O)O)cc1. The molecule has 0 aliphatic carbocycles. The van der Waals surface area contributed by atoms with Crippen molar-refractivity contribution in [3.8, 4) is 0 Å². The van der Waals surface area contributed by atoms with Crippen LogP contribution in [-0.4, -0.2) is 56.1 Å². The lowest BCUT2D eigenvalue weighted by molar-refractivity contribution is -0.137. The molecule has 0 aromatic heterocycles. The molecule has 0 saturated carbocycles. The molecule has 0 bridgehead atoms. The molecule has 27 heavy (non-hydrogen) atoms. The van der Waals surface area contributed by atoms with Crippen LogP contribution in [0.3, 0.4) is 0 Å². The van der Waals surface area contributed by atoms with Crippen LogP contribution in [0, 0.1) is 0 Å². The molecule has 0 fully saturated rings. The Balaban J connectivity index is 2.71. The lowest BCUT2D eigenvalue weighted by atomic mass is 10.0. The number of carbonyl (C=O) groups is 3. The van der Waals surface area contributed by atoms with E-state index in [4.69, 9.17) is 18.8 Å². The van der Waals surface area contributed by atoms with Gasteiger partial charge in [0.25, 0.3) is 0 Å². The van der Waals surface area contributed by atoms with Crippen molar-refractivity contribution in [1.29, 1.82) is 0 Å². The second-order valence-corrected chi connectivity index (χ2v) is 7.94. The molecule has 1 aromatic carbocycles. The average Bonchev–Trinajstić information content (AvgIpc) is 2.60. The Bertz CT molecular complexity index is 593. The Morgan fingerprint density at radius 1 is 0.963 bits per heavy atom. The highest BCUT2D eigenvalue weighted by Crippen LogP contribution is 2.33. The second kappa shape index (κ2) is 11.7. The van der Waals surface area contributed by atoms with Crippen LogP contribution >= 0.6 is 10.9 Å². The van der Waals surface area contributed by atoms with E-state index in [1.54, 1.807) is 24.3 Å². The van der Waals surface area contributed by atoms with Crippen LogP contribution in [0.15, 0.2) is 24.3 Å². The van der Waals surface area contributed by atoms with Crippen LogP contribution in [0.25, 0.3) is 0 Å². The summed E-state index contributed by atoms with van der Waals surface area (Å²) in [7, 11) is -3.54. The smallest absolute Gasteiger partial charge is 0.303 e. The number of carboxylic acid groups (broad SMARTS) is 1. The highest BCUT2D eigenvalue weighted by Gasteiger charge is 2.14. The van der Waals surface area contributed by atoms with Crippen molar-refractivity contribution in [2.24, 2.45) is 0 Å². The molecule has 0 radical (unpaired) electrons. The van der Waals surface area contributed by atoms with Crippen molar-refractivity contribution in [3.05, 3.63) is 29.8 Å². The van der Waals surface area contributed by atoms with E-state index < -0.39 is 22.8 Å². The fourth-order valence-electron chi connectivity index (χ4n) is 2.67. The zero-order chi connectivity index (χ0) is 20.3. The molecule has 0 amide bonds. The summed E-state index contributed by atoms with van der Waals surface area (Å²) in [5, 5.41) is 8.68. The standard InChI is InChI=1S/C18H27NO7S/c20-13-16(14-21)15-6-8-17(9-7-15)19(11-4-12-27(24,25)26)10-3-1-2-5-18(22)23/h6-9,13-14,16,24-26H,1-5,10-12H2,(H,22,23). The monoisotopic (exact) mass is 401 g/mol. The van der Waals surface area contributed by atoms with Crippen LogP contribution in [0.2, 0.25) is 0 Å². The Labute approximate surface area is 160 Å². The molecule has 152 valence electrons. The largest absolute Gasteiger partial charge is 0.481 e. The first-order chi connectivity index (χ1) is 12.8. The van der Waals surface area contributed by atoms with Crippen LogP contribution in [0.4, 0.5) is 5.69 Å². The fourth-order valence-corrected chi connectivity index (χ4v) is 3.19. The van der Waals surface area contributed by atoms with Crippen LogP contribution in [-0.2, 0) is 14.4 Å². The quantitative estimate of drug-likeness (QED) is 0.212. The first kappa shape index (κ1) is 23.1. The van der Waals surface area contributed by atoms with Crippen molar-refractivity contribution in [2.45, 2.75) is 38.0 Å².